The molecule has 0 aliphatic carbocycles. The van der Waals surface area contributed by atoms with Crippen molar-refractivity contribution < 1.29 is 9.59 Å². The molecule has 0 fully saturated rings. The van der Waals surface area contributed by atoms with E-state index in [2.05, 4.69) is 20.6 Å². The van der Waals surface area contributed by atoms with Crippen LogP contribution in [0.4, 0.5) is 5.69 Å². The normalized spacial score (nSPS) is 16.4. The van der Waals surface area contributed by atoms with Crippen molar-refractivity contribution in [1.29, 1.82) is 0 Å². The van der Waals surface area contributed by atoms with Crippen LogP contribution in [0.15, 0.2) is 95.4 Å². The molecule has 1 N–H and O–H groups in total. The van der Waals surface area contributed by atoms with E-state index in [0.717, 1.165) is 5.56 Å². The molecule has 0 bridgehead atoms. The standard InChI is InChI=1S/C23H19N5O2/c1-16(25-26-22(29)18-12-14-24-15-13-18)20-21(17-8-4-2-5-9-17)27-28(23(20)30)19-10-6-3-7-11-19/h2-15,20H,1H3,(H,26,29)/b25-16+. The Morgan fingerprint density at radius 1 is 0.967 bits per heavy atom. The highest BCUT2D eigenvalue weighted by Crippen LogP contribution is 2.27. The second-order valence-electron chi connectivity index (χ2n) is 6.70. The van der Waals surface area contributed by atoms with Crippen LogP contribution in [0, 0.1) is 5.92 Å². The number of hydrogen-bond acceptors (Lipinski definition) is 5. The van der Waals surface area contributed by atoms with E-state index in [1.165, 1.54) is 17.4 Å². The van der Waals surface area contributed by atoms with Crippen molar-refractivity contribution in [2.75, 3.05) is 5.01 Å². The summed E-state index contributed by atoms with van der Waals surface area (Å²) in [5.41, 5.74) is 5.48. The lowest BCUT2D eigenvalue weighted by atomic mass is 9.93. The molecule has 0 spiro atoms. The van der Waals surface area contributed by atoms with Crippen molar-refractivity contribution in [1.82, 2.24) is 10.4 Å². The summed E-state index contributed by atoms with van der Waals surface area (Å²) in [5, 5.41) is 10.2. The summed E-state index contributed by atoms with van der Waals surface area (Å²) in [4.78, 5) is 29.5. The van der Waals surface area contributed by atoms with Crippen molar-refractivity contribution in [3.05, 3.63) is 96.3 Å². The summed E-state index contributed by atoms with van der Waals surface area (Å²) >= 11 is 0. The first kappa shape index (κ1) is 19.2. The second kappa shape index (κ2) is 8.48. The minimum Gasteiger partial charge on any atom is -0.271 e. The predicted octanol–water partition coefficient (Wildman–Crippen LogP) is 3.25. The zero-order valence-electron chi connectivity index (χ0n) is 16.3. The van der Waals surface area contributed by atoms with Crippen molar-refractivity contribution in [3.8, 4) is 0 Å². The van der Waals surface area contributed by atoms with Gasteiger partial charge in [0.05, 0.1) is 17.1 Å². The molecule has 2 heterocycles. The molecule has 4 rings (SSSR count). The van der Waals surface area contributed by atoms with Crippen LogP contribution in [0.1, 0.15) is 22.8 Å². The first-order valence-corrected chi connectivity index (χ1v) is 9.42. The largest absolute Gasteiger partial charge is 0.271 e. The van der Waals surface area contributed by atoms with Crippen LogP contribution in [-0.2, 0) is 4.79 Å². The lowest BCUT2D eigenvalue weighted by molar-refractivity contribution is -0.118. The number of benzene rings is 2. The topological polar surface area (TPSA) is 87.0 Å². The van der Waals surface area contributed by atoms with Crippen LogP contribution < -0.4 is 10.4 Å². The summed E-state index contributed by atoms with van der Waals surface area (Å²) in [6, 6.07) is 21.9. The molecule has 30 heavy (non-hydrogen) atoms. The molecule has 1 aliphatic heterocycles. The molecule has 3 aromatic rings. The van der Waals surface area contributed by atoms with Gasteiger partial charge in [-0.25, -0.2) is 5.43 Å². The molecule has 2 aromatic carbocycles. The van der Waals surface area contributed by atoms with Crippen molar-refractivity contribution in [2.45, 2.75) is 6.92 Å². The van der Waals surface area contributed by atoms with E-state index in [1.807, 2.05) is 60.7 Å². The molecule has 2 amide bonds. The fraction of sp³-hybridized carbons (Fsp3) is 0.0870. The number of nitrogens with one attached hydrogen (secondary N) is 1. The number of anilines is 1. The van der Waals surface area contributed by atoms with E-state index in [9.17, 15) is 9.59 Å². The fourth-order valence-electron chi connectivity index (χ4n) is 3.19. The van der Waals surface area contributed by atoms with Crippen LogP contribution in [0.3, 0.4) is 0 Å². The number of para-hydroxylation sites is 1. The van der Waals surface area contributed by atoms with E-state index >= 15 is 0 Å². The van der Waals surface area contributed by atoms with Gasteiger partial charge in [0.1, 0.15) is 5.92 Å². The van der Waals surface area contributed by atoms with Gasteiger partial charge in [-0.3, -0.25) is 14.6 Å². The third-order valence-electron chi connectivity index (χ3n) is 4.70. The van der Waals surface area contributed by atoms with Gasteiger partial charge in [-0.1, -0.05) is 48.5 Å². The molecule has 0 saturated heterocycles. The summed E-state index contributed by atoms with van der Waals surface area (Å²) in [7, 11) is 0. The highest BCUT2D eigenvalue weighted by Gasteiger charge is 2.39. The number of aromatic nitrogens is 1. The average molecular weight is 397 g/mol. The van der Waals surface area contributed by atoms with Crippen LogP contribution in [0.2, 0.25) is 0 Å². The SMILES string of the molecule is C/C(=N\NC(=O)c1ccncc1)C1C(=O)N(c2ccccc2)N=C1c1ccccc1. The molecule has 148 valence electrons. The van der Waals surface area contributed by atoms with E-state index < -0.39 is 5.92 Å². The monoisotopic (exact) mass is 397 g/mol. The van der Waals surface area contributed by atoms with Crippen molar-refractivity contribution in [2.24, 2.45) is 16.1 Å². The number of rotatable bonds is 5. The molecule has 0 radical (unpaired) electrons. The minimum absolute atomic E-state index is 0.223. The summed E-state index contributed by atoms with van der Waals surface area (Å²) in [5.74, 6) is -1.30. The lowest BCUT2D eigenvalue weighted by Gasteiger charge is -2.14. The molecule has 1 aliphatic rings. The van der Waals surface area contributed by atoms with Crippen molar-refractivity contribution >= 4 is 28.9 Å². The third-order valence-corrected chi connectivity index (χ3v) is 4.70. The minimum atomic E-state index is -0.703. The molecule has 0 saturated carbocycles. The first-order valence-electron chi connectivity index (χ1n) is 9.42. The second-order valence-corrected chi connectivity index (χ2v) is 6.70. The summed E-state index contributed by atoms with van der Waals surface area (Å²) in [6.45, 7) is 1.71. The third kappa shape index (κ3) is 3.86. The summed E-state index contributed by atoms with van der Waals surface area (Å²) < 4.78 is 0. The Balaban J connectivity index is 1.65. The van der Waals surface area contributed by atoms with Gasteiger partial charge >= 0.3 is 0 Å². The Kier molecular flexibility index (Phi) is 5.43. The lowest BCUT2D eigenvalue weighted by Crippen LogP contribution is -2.34. The van der Waals surface area contributed by atoms with Gasteiger partial charge in [-0.15, -0.1) is 0 Å². The number of hydrogen-bond donors (Lipinski definition) is 1. The van der Waals surface area contributed by atoms with E-state index in [1.54, 1.807) is 19.1 Å². The van der Waals surface area contributed by atoms with Gasteiger partial charge < -0.3 is 0 Å². The number of amides is 2. The van der Waals surface area contributed by atoms with Gasteiger partial charge in [0, 0.05) is 18.0 Å². The molecule has 7 nitrogen and oxygen atoms in total. The van der Waals surface area contributed by atoms with Gasteiger partial charge in [-0.05, 0) is 36.8 Å². The van der Waals surface area contributed by atoms with Gasteiger partial charge in [0.2, 0.25) is 0 Å². The van der Waals surface area contributed by atoms with E-state index in [-0.39, 0.29) is 11.8 Å². The molecule has 1 unspecified atom stereocenters. The van der Waals surface area contributed by atoms with Crippen LogP contribution >= 0.6 is 0 Å². The average Bonchev–Trinajstić information content (AvgIpc) is 3.16. The maximum Gasteiger partial charge on any atom is 0.271 e. The molecule has 1 atom stereocenters. The Morgan fingerprint density at radius 3 is 2.27 bits per heavy atom. The fourth-order valence-corrected chi connectivity index (χ4v) is 3.19. The van der Waals surface area contributed by atoms with Crippen LogP contribution in [0.5, 0.6) is 0 Å². The Hall–Kier alpha value is -4.13. The molecule has 7 heteroatoms. The van der Waals surface area contributed by atoms with E-state index in [4.69, 9.17) is 0 Å². The Bertz CT molecular complexity index is 1110. The first-order chi connectivity index (χ1) is 14.6. The maximum absolute atomic E-state index is 13.3. The predicted molar refractivity (Wildman–Crippen MR) is 115 cm³/mol. The zero-order valence-corrected chi connectivity index (χ0v) is 16.3. The maximum atomic E-state index is 13.3. The van der Waals surface area contributed by atoms with Gasteiger partial charge in [-0.2, -0.15) is 15.2 Å². The molecule has 1 aromatic heterocycles. The number of carbonyl (C=O) groups excluding carboxylic acids is 2. The number of pyridine rings is 1. The highest BCUT2D eigenvalue weighted by atomic mass is 16.2. The molecular weight excluding hydrogens is 378 g/mol. The number of hydrazone groups is 2. The van der Waals surface area contributed by atoms with Gasteiger partial charge in [0.25, 0.3) is 11.8 Å². The zero-order chi connectivity index (χ0) is 20.9. The Morgan fingerprint density at radius 2 is 1.60 bits per heavy atom. The van der Waals surface area contributed by atoms with Crippen LogP contribution in [-0.4, -0.2) is 28.2 Å². The summed E-state index contributed by atoms with van der Waals surface area (Å²) in [6.07, 6.45) is 3.06. The quantitative estimate of drug-likeness (QED) is 0.530. The number of nitrogens with zero attached hydrogens (tertiary/aromatic N) is 4. The number of carbonyl (C=O) groups is 2. The van der Waals surface area contributed by atoms with Crippen molar-refractivity contribution in [3.63, 3.8) is 0 Å². The van der Waals surface area contributed by atoms with E-state index in [0.29, 0.717) is 22.7 Å². The molecular formula is C23H19N5O2. The van der Waals surface area contributed by atoms with Crippen LogP contribution in [0.25, 0.3) is 0 Å². The highest BCUT2D eigenvalue weighted by molar-refractivity contribution is 6.32. The van der Waals surface area contributed by atoms with Gasteiger partial charge in [0.15, 0.2) is 0 Å². The smallest absolute Gasteiger partial charge is 0.271 e. The Labute approximate surface area is 173 Å².